The molecule has 1 aromatic carbocycles. The summed E-state index contributed by atoms with van der Waals surface area (Å²) in [5.74, 6) is 0.120. The molecule has 18 heavy (non-hydrogen) atoms. The number of rotatable bonds is 4. The fourth-order valence-corrected chi connectivity index (χ4v) is 2.94. The van der Waals surface area contributed by atoms with Crippen molar-refractivity contribution in [1.82, 2.24) is 4.98 Å². The van der Waals surface area contributed by atoms with Gasteiger partial charge < -0.3 is 0 Å². The summed E-state index contributed by atoms with van der Waals surface area (Å²) >= 11 is 1.51. The summed E-state index contributed by atoms with van der Waals surface area (Å²) < 4.78 is 0. The van der Waals surface area contributed by atoms with E-state index in [1.165, 1.54) is 16.9 Å². The number of hydrogen-bond donors (Lipinski definition) is 0. The standard InChI is InChI=1S/C15H17NOS/c1-4-6-13-14(11(3)17)18-15(16-13)12-8-5-7-10(2)9-12/h5,7-9H,4,6H2,1-3H3. The fourth-order valence-electron chi connectivity index (χ4n) is 1.93. The number of ketones is 1. The first-order valence-electron chi connectivity index (χ1n) is 6.19. The van der Waals surface area contributed by atoms with Crippen LogP contribution in [0.5, 0.6) is 0 Å². The Hall–Kier alpha value is -1.48. The van der Waals surface area contributed by atoms with Gasteiger partial charge in [-0.1, -0.05) is 37.1 Å². The molecule has 2 nitrogen and oxygen atoms in total. The van der Waals surface area contributed by atoms with Gasteiger partial charge in [0.1, 0.15) is 5.01 Å². The molecule has 0 spiro atoms. The van der Waals surface area contributed by atoms with E-state index in [1.54, 1.807) is 6.92 Å². The Balaban J connectivity index is 2.46. The highest BCUT2D eigenvalue weighted by Crippen LogP contribution is 2.29. The van der Waals surface area contributed by atoms with Crippen molar-refractivity contribution in [2.75, 3.05) is 0 Å². The summed E-state index contributed by atoms with van der Waals surface area (Å²) in [5, 5.41) is 0.951. The lowest BCUT2D eigenvalue weighted by Gasteiger charge is -1.97. The maximum absolute atomic E-state index is 11.6. The van der Waals surface area contributed by atoms with Gasteiger partial charge in [-0.3, -0.25) is 4.79 Å². The minimum Gasteiger partial charge on any atom is -0.294 e. The van der Waals surface area contributed by atoms with Crippen LogP contribution in [0.3, 0.4) is 0 Å². The molecule has 0 radical (unpaired) electrons. The highest BCUT2D eigenvalue weighted by atomic mass is 32.1. The molecule has 1 aromatic heterocycles. The number of Topliss-reactive ketones (excluding diaryl/α,β-unsaturated/α-hetero) is 1. The van der Waals surface area contributed by atoms with E-state index in [-0.39, 0.29) is 5.78 Å². The zero-order valence-corrected chi connectivity index (χ0v) is 11.8. The molecule has 0 aliphatic carbocycles. The number of benzene rings is 1. The van der Waals surface area contributed by atoms with Gasteiger partial charge in [-0.05, 0) is 19.4 Å². The molecule has 0 unspecified atom stereocenters. The van der Waals surface area contributed by atoms with E-state index in [0.717, 1.165) is 34.0 Å². The number of carbonyl (C=O) groups excluding carboxylic acids is 1. The van der Waals surface area contributed by atoms with Crippen molar-refractivity contribution in [3.8, 4) is 10.6 Å². The summed E-state index contributed by atoms with van der Waals surface area (Å²) in [5.41, 5.74) is 3.26. The summed E-state index contributed by atoms with van der Waals surface area (Å²) in [6.07, 6.45) is 1.88. The zero-order chi connectivity index (χ0) is 13.1. The van der Waals surface area contributed by atoms with Gasteiger partial charge in [-0.15, -0.1) is 11.3 Å². The topological polar surface area (TPSA) is 30.0 Å². The van der Waals surface area contributed by atoms with Crippen LogP contribution in [-0.2, 0) is 6.42 Å². The Morgan fingerprint density at radius 1 is 1.39 bits per heavy atom. The lowest BCUT2D eigenvalue weighted by molar-refractivity contribution is 0.102. The molecule has 3 heteroatoms. The minimum absolute atomic E-state index is 0.120. The van der Waals surface area contributed by atoms with Crippen molar-refractivity contribution < 1.29 is 4.79 Å². The van der Waals surface area contributed by atoms with Crippen LogP contribution in [0.2, 0.25) is 0 Å². The van der Waals surface area contributed by atoms with Crippen LogP contribution in [0.25, 0.3) is 10.6 Å². The van der Waals surface area contributed by atoms with Gasteiger partial charge in [-0.2, -0.15) is 0 Å². The van der Waals surface area contributed by atoms with E-state index in [0.29, 0.717) is 0 Å². The first-order chi connectivity index (χ1) is 8.61. The highest BCUT2D eigenvalue weighted by Gasteiger charge is 2.15. The van der Waals surface area contributed by atoms with Crippen LogP contribution in [0.1, 0.15) is 41.2 Å². The number of thiazole rings is 1. The highest BCUT2D eigenvalue weighted by molar-refractivity contribution is 7.17. The number of carbonyl (C=O) groups is 1. The van der Waals surface area contributed by atoms with Crippen LogP contribution in [-0.4, -0.2) is 10.8 Å². The molecular formula is C15H17NOS. The fraction of sp³-hybridized carbons (Fsp3) is 0.333. The third kappa shape index (κ3) is 2.67. The summed E-state index contributed by atoms with van der Waals surface area (Å²) in [6, 6.07) is 8.25. The monoisotopic (exact) mass is 259 g/mol. The van der Waals surface area contributed by atoms with Crippen molar-refractivity contribution in [2.24, 2.45) is 0 Å². The molecule has 2 rings (SSSR count). The molecular weight excluding hydrogens is 242 g/mol. The van der Waals surface area contributed by atoms with Gasteiger partial charge in [0.05, 0.1) is 10.6 Å². The smallest absolute Gasteiger partial charge is 0.171 e. The van der Waals surface area contributed by atoms with Gasteiger partial charge >= 0.3 is 0 Å². The Morgan fingerprint density at radius 2 is 2.17 bits per heavy atom. The lowest BCUT2D eigenvalue weighted by Crippen LogP contribution is -1.95. The average molecular weight is 259 g/mol. The molecule has 0 atom stereocenters. The van der Waals surface area contributed by atoms with Crippen molar-refractivity contribution in [3.05, 3.63) is 40.4 Å². The van der Waals surface area contributed by atoms with E-state index in [1.807, 2.05) is 12.1 Å². The molecule has 2 aromatic rings. The van der Waals surface area contributed by atoms with Gasteiger partial charge in [0.25, 0.3) is 0 Å². The third-order valence-electron chi connectivity index (χ3n) is 2.77. The maximum atomic E-state index is 11.6. The third-order valence-corrected chi connectivity index (χ3v) is 4.02. The van der Waals surface area contributed by atoms with Gasteiger partial charge in [0, 0.05) is 12.5 Å². The Kier molecular flexibility index (Phi) is 3.92. The SMILES string of the molecule is CCCc1nc(-c2cccc(C)c2)sc1C(C)=O. The molecule has 0 aliphatic heterocycles. The second-order valence-corrected chi connectivity index (χ2v) is 5.47. The summed E-state index contributed by atoms with van der Waals surface area (Å²) in [7, 11) is 0. The van der Waals surface area contributed by atoms with Gasteiger partial charge in [-0.25, -0.2) is 4.98 Å². The molecule has 0 saturated carbocycles. The van der Waals surface area contributed by atoms with Gasteiger partial charge in [0.2, 0.25) is 0 Å². The number of aromatic nitrogens is 1. The summed E-state index contributed by atoms with van der Waals surface area (Å²) in [6.45, 7) is 5.79. The Bertz CT molecular complexity index is 572. The van der Waals surface area contributed by atoms with Gasteiger partial charge in [0.15, 0.2) is 5.78 Å². The molecule has 0 fully saturated rings. The van der Waals surface area contributed by atoms with Crippen molar-refractivity contribution in [3.63, 3.8) is 0 Å². The molecule has 94 valence electrons. The predicted molar refractivity (Wildman–Crippen MR) is 76.3 cm³/mol. The molecule has 0 amide bonds. The maximum Gasteiger partial charge on any atom is 0.171 e. The number of hydrogen-bond acceptors (Lipinski definition) is 3. The van der Waals surface area contributed by atoms with E-state index in [9.17, 15) is 4.79 Å². The largest absolute Gasteiger partial charge is 0.294 e. The van der Waals surface area contributed by atoms with E-state index >= 15 is 0 Å². The second kappa shape index (κ2) is 5.44. The summed E-state index contributed by atoms with van der Waals surface area (Å²) in [4.78, 5) is 17.1. The molecule has 0 N–H and O–H groups in total. The first kappa shape index (κ1) is 13.0. The molecule has 0 aliphatic rings. The van der Waals surface area contributed by atoms with Crippen molar-refractivity contribution >= 4 is 17.1 Å². The van der Waals surface area contributed by atoms with E-state index < -0.39 is 0 Å². The van der Waals surface area contributed by atoms with Crippen LogP contribution >= 0.6 is 11.3 Å². The average Bonchev–Trinajstić information content (AvgIpc) is 2.74. The minimum atomic E-state index is 0.120. The number of aryl methyl sites for hydroxylation is 2. The molecule has 0 saturated heterocycles. The van der Waals surface area contributed by atoms with E-state index in [4.69, 9.17) is 0 Å². The van der Waals surface area contributed by atoms with Crippen molar-refractivity contribution in [2.45, 2.75) is 33.6 Å². The second-order valence-electron chi connectivity index (χ2n) is 4.47. The van der Waals surface area contributed by atoms with Crippen LogP contribution < -0.4 is 0 Å². The van der Waals surface area contributed by atoms with E-state index in [2.05, 4.69) is 31.0 Å². The van der Waals surface area contributed by atoms with Crippen molar-refractivity contribution in [1.29, 1.82) is 0 Å². The molecule has 0 bridgehead atoms. The lowest BCUT2D eigenvalue weighted by atomic mass is 10.1. The van der Waals surface area contributed by atoms with Crippen LogP contribution in [0.15, 0.2) is 24.3 Å². The van der Waals surface area contributed by atoms with Crippen LogP contribution in [0.4, 0.5) is 0 Å². The Labute approximate surface area is 112 Å². The predicted octanol–water partition coefficient (Wildman–Crippen LogP) is 4.27. The molecule has 1 heterocycles. The Morgan fingerprint density at radius 3 is 2.78 bits per heavy atom. The zero-order valence-electron chi connectivity index (χ0n) is 11.0. The van der Waals surface area contributed by atoms with Crippen LogP contribution in [0, 0.1) is 6.92 Å². The quantitative estimate of drug-likeness (QED) is 0.767. The normalized spacial score (nSPS) is 10.6. The number of nitrogens with zero attached hydrogens (tertiary/aromatic N) is 1. The first-order valence-corrected chi connectivity index (χ1v) is 7.01.